The molecule has 2 rings (SSSR count). The van der Waals surface area contributed by atoms with Crippen molar-refractivity contribution in [2.75, 3.05) is 25.6 Å². The van der Waals surface area contributed by atoms with Gasteiger partial charge in [0.1, 0.15) is 5.75 Å². The summed E-state index contributed by atoms with van der Waals surface area (Å²) in [6.07, 6.45) is 4.96. The Morgan fingerprint density at radius 2 is 2.05 bits per heavy atom. The standard InChI is InChI=1S/C16H20O4S/c17-16(18)6-3-13-1-4-14(5-2-13)20-11-12-21-15-7-9-19-10-8-15/h1-6,15H,7-12H2,(H,17,18). The maximum absolute atomic E-state index is 10.4. The second kappa shape index (κ2) is 8.74. The molecule has 1 aliphatic rings. The molecule has 0 bridgehead atoms. The van der Waals surface area contributed by atoms with Crippen molar-refractivity contribution in [3.8, 4) is 5.75 Å². The normalized spacial score (nSPS) is 16.2. The fourth-order valence-corrected chi connectivity index (χ4v) is 3.10. The molecule has 0 aliphatic carbocycles. The molecule has 4 nitrogen and oxygen atoms in total. The smallest absolute Gasteiger partial charge is 0.328 e. The molecule has 1 saturated heterocycles. The Morgan fingerprint density at radius 1 is 1.33 bits per heavy atom. The van der Waals surface area contributed by atoms with Crippen molar-refractivity contribution < 1.29 is 19.4 Å². The van der Waals surface area contributed by atoms with Gasteiger partial charge in [0.25, 0.3) is 0 Å². The minimum atomic E-state index is -0.944. The molecule has 1 fully saturated rings. The molecule has 1 aromatic carbocycles. The topological polar surface area (TPSA) is 55.8 Å². The third-order valence-corrected chi connectivity index (χ3v) is 4.52. The second-order valence-electron chi connectivity index (χ2n) is 4.77. The highest BCUT2D eigenvalue weighted by atomic mass is 32.2. The van der Waals surface area contributed by atoms with Crippen LogP contribution in [-0.2, 0) is 9.53 Å². The molecule has 5 heteroatoms. The van der Waals surface area contributed by atoms with Gasteiger partial charge in [-0.25, -0.2) is 4.79 Å². The van der Waals surface area contributed by atoms with E-state index in [9.17, 15) is 4.79 Å². The van der Waals surface area contributed by atoms with Crippen LogP contribution < -0.4 is 4.74 Å². The first-order chi connectivity index (χ1) is 10.2. The van der Waals surface area contributed by atoms with Crippen LogP contribution in [0.4, 0.5) is 0 Å². The van der Waals surface area contributed by atoms with Gasteiger partial charge in [0, 0.05) is 30.3 Å². The zero-order valence-corrected chi connectivity index (χ0v) is 12.7. The molecule has 0 aromatic heterocycles. The fraction of sp³-hybridized carbons (Fsp3) is 0.438. The summed E-state index contributed by atoms with van der Waals surface area (Å²) < 4.78 is 11.0. The minimum Gasteiger partial charge on any atom is -0.493 e. The number of carbonyl (C=O) groups is 1. The summed E-state index contributed by atoms with van der Waals surface area (Å²) in [5.41, 5.74) is 0.848. The van der Waals surface area contributed by atoms with Crippen LogP contribution in [0.2, 0.25) is 0 Å². The second-order valence-corrected chi connectivity index (χ2v) is 6.18. The van der Waals surface area contributed by atoms with Crippen LogP contribution in [0.1, 0.15) is 18.4 Å². The SMILES string of the molecule is O=C(O)C=Cc1ccc(OCCSC2CCOCC2)cc1. The number of hydrogen-bond donors (Lipinski definition) is 1. The van der Waals surface area contributed by atoms with Gasteiger partial charge in [0.05, 0.1) is 6.61 Å². The van der Waals surface area contributed by atoms with Crippen molar-refractivity contribution in [1.29, 1.82) is 0 Å². The van der Waals surface area contributed by atoms with Crippen molar-refractivity contribution in [3.63, 3.8) is 0 Å². The fourth-order valence-electron chi connectivity index (χ4n) is 2.06. The highest BCUT2D eigenvalue weighted by Gasteiger charge is 2.13. The van der Waals surface area contributed by atoms with Crippen LogP contribution in [0.5, 0.6) is 5.75 Å². The van der Waals surface area contributed by atoms with Crippen molar-refractivity contribution in [2.45, 2.75) is 18.1 Å². The van der Waals surface area contributed by atoms with E-state index in [1.54, 1.807) is 6.08 Å². The molecule has 114 valence electrons. The van der Waals surface area contributed by atoms with Crippen LogP contribution in [0.3, 0.4) is 0 Å². The quantitative estimate of drug-likeness (QED) is 0.620. The molecule has 0 unspecified atom stereocenters. The lowest BCUT2D eigenvalue weighted by Gasteiger charge is -2.21. The van der Waals surface area contributed by atoms with Crippen molar-refractivity contribution in [2.24, 2.45) is 0 Å². The summed E-state index contributed by atoms with van der Waals surface area (Å²) in [6.45, 7) is 2.44. The Hall–Kier alpha value is -1.46. The first-order valence-electron chi connectivity index (χ1n) is 7.07. The number of thioether (sulfide) groups is 1. The van der Waals surface area contributed by atoms with Crippen LogP contribution >= 0.6 is 11.8 Å². The van der Waals surface area contributed by atoms with E-state index in [4.69, 9.17) is 14.6 Å². The summed E-state index contributed by atoms with van der Waals surface area (Å²) in [7, 11) is 0. The van der Waals surface area contributed by atoms with Crippen LogP contribution in [0.25, 0.3) is 6.08 Å². The molecule has 21 heavy (non-hydrogen) atoms. The van der Waals surface area contributed by atoms with Gasteiger partial charge < -0.3 is 14.6 Å². The maximum atomic E-state index is 10.4. The molecule has 0 atom stereocenters. The van der Waals surface area contributed by atoms with Crippen molar-refractivity contribution >= 4 is 23.8 Å². The summed E-state index contributed by atoms with van der Waals surface area (Å²) >= 11 is 1.95. The number of benzene rings is 1. The van der Waals surface area contributed by atoms with Gasteiger partial charge in [0.2, 0.25) is 0 Å². The first-order valence-corrected chi connectivity index (χ1v) is 8.12. The summed E-state index contributed by atoms with van der Waals surface area (Å²) in [5.74, 6) is 0.848. The van der Waals surface area contributed by atoms with E-state index < -0.39 is 5.97 Å². The highest BCUT2D eigenvalue weighted by Crippen LogP contribution is 2.22. The van der Waals surface area contributed by atoms with E-state index in [1.807, 2.05) is 36.0 Å². The largest absolute Gasteiger partial charge is 0.493 e. The number of aliphatic carboxylic acids is 1. The van der Waals surface area contributed by atoms with Gasteiger partial charge in [-0.2, -0.15) is 11.8 Å². The average molecular weight is 308 g/mol. The van der Waals surface area contributed by atoms with Crippen molar-refractivity contribution in [1.82, 2.24) is 0 Å². The number of hydrogen-bond acceptors (Lipinski definition) is 4. The van der Waals surface area contributed by atoms with E-state index in [2.05, 4.69) is 0 Å². The predicted octanol–water partition coefficient (Wildman–Crippen LogP) is 3.08. The Labute approximate surface area is 129 Å². The monoisotopic (exact) mass is 308 g/mol. The Balaban J connectivity index is 1.67. The van der Waals surface area contributed by atoms with E-state index >= 15 is 0 Å². The van der Waals surface area contributed by atoms with Gasteiger partial charge in [-0.1, -0.05) is 12.1 Å². The molecule has 1 N–H and O–H groups in total. The van der Waals surface area contributed by atoms with Crippen LogP contribution in [0.15, 0.2) is 30.3 Å². The minimum absolute atomic E-state index is 0.687. The lowest BCUT2D eigenvalue weighted by atomic mass is 10.2. The Bertz CT molecular complexity index is 464. The Kier molecular flexibility index (Phi) is 6.63. The molecule has 1 aliphatic heterocycles. The summed E-state index contributed by atoms with van der Waals surface area (Å²) in [4.78, 5) is 10.4. The number of rotatable bonds is 7. The lowest BCUT2D eigenvalue weighted by Crippen LogP contribution is -2.18. The third-order valence-electron chi connectivity index (χ3n) is 3.17. The van der Waals surface area contributed by atoms with Gasteiger partial charge in [-0.15, -0.1) is 0 Å². The zero-order chi connectivity index (χ0) is 14.9. The molecule has 0 radical (unpaired) electrons. The van der Waals surface area contributed by atoms with Crippen molar-refractivity contribution in [3.05, 3.63) is 35.9 Å². The van der Waals surface area contributed by atoms with E-state index in [1.165, 1.54) is 0 Å². The number of carboxylic acids is 1. The molecule has 0 spiro atoms. The molecule has 1 heterocycles. The first kappa shape index (κ1) is 15.9. The number of ether oxygens (including phenoxy) is 2. The van der Waals surface area contributed by atoms with Crippen LogP contribution in [-0.4, -0.2) is 41.9 Å². The van der Waals surface area contributed by atoms with Gasteiger partial charge >= 0.3 is 5.97 Å². The van der Waals surface area contributed by atoms with Gasteiger partial charge in [-0.3, -0.25) is 0 Å². The number of carboxylic acid groups (broad SMARTS) is 1. The molecular weight excluding hydrogens is 288 g/mol. The Morgan fingerprint density at radius 3 is 2.71 bits per heavy atom. The van der Waals surface area contributed by atoms with Gasteiger partial charge in [0.15, 0.2) is 0 Å². The average Bonchev–Trinajstić information content (AvgIpc) is 2.52. The van der Waals surface area contributed by atoms with E-state index in [-0.39, 0.29) is 0 Å². The lowest BCUT2D eigenvalue weighted by molar-refractivity contribution is -0.131. The summed E-state index contributed by atoms with van der Waals surface area (Å²) in [5, 5.41) is 9.26. The molecule has 0 amide bonds. The highest BCUT2D eigenvalue weighted by molar-refractivity contribution is 7.99. The van der Waals surface area contributed by atoms with Gasteiger partial charge in [-0.05, 0) is 36.6 Å². The maximum Gasteiger partial charge on any atom is 0.328 e. The molecular formula is C16H20O4S. The summed E-state index contributed by atoms with van der Waals surface area (Å²) in [6, 6.07) is 7.42. The van der Waals surface area contributed by atoms with E-state index in [0.717, 1.165) is 49.2 Å². The predicted molar refractivity (Wildman–Crippen MR) is 84.9 cm³/mol. The molecule has 1 aromatic rings. The van der Waals surface area contributed by atoms with E-state index in [0.29, 0.717) is 11.9 Å². The third kappa shape index (κ3) is 6.23. The van der Waals surface area contributed by atoms with Crippen LogP contribution in [0, 0.1) is 0 Å². The zero-order valence-electron chi connectivity index (χ0n) is 11.9. The molecule has 0 saturated carbocycles.